The molecule has 1 fully saturated rings. The molecule has 1 atom stereocenters. The summed E-state index contributed by atoms with van der Waals surface area (Å²) in [6, 6.07) is 3.60. The third kappa shape index (κ3) is 3.13. The quantitative estimate of drug-likeness (QED) is 0.664. The normalized spacial score (nSPS) is 16.2. The van der Waals surface area contributed by atoms with E-state index in [4.69, 9.17) is 18.9 Å². The van der Waals surface area contributed by atoms with E-state index in [2.05, 4.69) is 15.0 Å². The first-order valence-corrected chi connectivity index (χ1v) is 9.62. The van der Waals surface area contributed by atoms with Crippen LogP contribution in [0.25, 0.3) is 4.96 Å². The number of aromatic hydroxyl groups is 1. The van der Waals surface area contributed by atoms with Crippen molar-refractivity contribution in [2.45, 2.75) is 6.04 Å². The first-order chi connectivity index (χ1) is 13.7. The molecule has 9 nitrogen and oxygen atoms in total. The third-order valence-corrected chi connectivity index (χ3v) is 5.89. The van der Waals surface area contributed by atoms with E-state index in [0.717, 1.165) is 23.5 Å². The van der Waals surface area contributed by atoms with Crippen LogP contribution >= 0.6 is 11.3 Å². The van der Waals surface area contributed by atoms with Crippen molar-refractivity contribution in [3.63, 3.8) is 0 Å². The molecule has 1 aliphatic rings. The van der Waals surface area contributed by atoms with Crippen LogP contribution in [-0.2, 0) is 4.74 Å². The average molecular weight is 406 g/mol. The Balaban J connectivity index is 1.88. The lowest BCUT2D eigenvalue weighted by atomic mass is 10.0. The minimum atomic E-state index is -0.230. The monoisotopic (exact) mass is 406 g/mol. The van der Waals surface area contributed by atoms with Crippen LogP contribution in [0.1, 0.15) is 16.5 Å². The van der Waals surface area contributed by atoms with Gasteiger partial charge >= 0.3 is 0 Å². The molecular formula is C18H22N4O5S. The van der Waals surface area contributed by atoms with Gasteiger partial charge in [-0.05, 0) is 17.7 Å². The Labute approximate surface area is 166 Å². The van der Waals surface area contributed by atoms with Crippen molar-refractivity contribution in [1.82, 2.24) is 19.5 Å². The number of ether oxygens (including phenoxy) is 4. The van der Waals surface area contributed by atoms with Crippen LogP contribution in [-0.4, -0.2) is 72.2 Å². The largest absolute Gasteiger partial charge is 0.493 e. The zero-order valence-electron chi connectivity index (χ0n) is 15.9. The van der Waals surface area contributed by atoms with Crippen molar-refractivity contribution in [2.75, 3.05) is 47.6 Å². The molecule has 28 heavy (non-hydrogen) atoms. The average Bonchev–Trinajstić information content (AvgIpc) is 3.31. The van der Waals surface area contributed by atoms with E-state index in [9.17, 15) is 5.11 Å². The number of nitrogens with zero attached hydrogens (tertiary/aromatic N) is 4. The highest BCUT2D eigenvalue weighted by Crippen LogP contribution is 2.45. The van der Waals surface area contributed by atoms with E-state index in [1.807, 2.05) is 12.1 Å². The SMILES string of the molecule is COc1cc([C@H](c2sc3ncnn3c2O)N2CCOCC2)cc(OC)c1OC. The molecule has 0 aliphatic carbocycles. The molecule has 1 saturated heterocycles. The van der Waals surface area contributed by atoms with Crippen LogP contribution < -0.4 is 14.2 Å². The Morgan fingerprint density at radius 1 is 1.11 bits per heavy atom. The highest BCUT2D eigenvalue weighted by Gasteiger charge is 2.32. The number of methoxy groups -OCH3 is 3. The van der Waals surface area contributed by atoms with Crippen molar-refractivity contribution >= 4 is 16.3 Å². The maximum absolute atomic E-state index is 10.8. The Hall–Kier alpha value is -2.56. The Morgan fingerprint density at radius 2 is 1.79 bits per heavy atom. The third-order valence-electron chi connectivity index (χ3n) is 4.80. The molecule has 1 aromatic carbocycles. The van der Waals surface area contributed by atoms with Crippen molar-refractivity contribution in [3.8, 4) is 23.1 Å². The molecule has 3 heterocycles. The van der Waals surface area contributed by atoms with E-state index >= 15 is 0 Å². The second-order valence-electron chi connectivity index (χ2n) is 6.25. The van der Waals surface area contributed by atoms with Crippen molar-refractivity contribution < 1.29 is 24.1 Å². The smallest absolute Gasteiger partial charge is 0.230 e. The second-order valence-corrected chi connectivity index (χ2v) is 7.26. The van der Waals surface area contributed by atoms with E-state index < -0.39 is 0 Å². The van der Waals surface area contributed by atoms with Gasteiger partial charge in [-0.15, -0.1) is 0 Å². The summed E-state index contributed by atoms with van der Waals surface area (Å²) < 4.78 is 23.5. The summed E-state index contributed by atoms with van der Waals surface area (Å²) in [5, 5.41) is 14.9. The van der Waals surface area contributed by atoms with Crippen LogP contribution in [0, 0.1) is 0 Å². The fraction of sp³-hybridized carbons (Fsp3) is 0.444. The fourth-order valence-corrected chi connectivity index (χ4v) is 4.59. The van der Waals surface area contributed by atoms with Crippen LogP contribution in [0.3, 0.4) is 0 Å². The van der Waals surface area contributed by atoms with E-state index in [1.165, 1.54) is 22.2 Å². The molecule has 0 saturated carbocycles. The van der Waals surface area contributed by atoms with Gasteiger partial charge in [0, 0.05) is 13.1 Å². The molecule has 4 rings (SSSR count). The zero-order chi connectivity index (χ0) is 19.7. The molecule has 2 aromatic heterocycles. The number of rotatable bonds is 6. The molecular weight excluding hydrogens is 384 g/mol. The number of benzene rings is 1. The second kappa shape index (κ2) is 7.82. The molecule has 150 valence electrons. The molecule has 1 N–H and O–H groups in total. The summed E-state index contributed by atoms with van der Waals surface area (Å²) in [6.45, 7) is 2.72. The summed E-state index contributed by atoms with van der Waals surface area (Å²) in [6.07, 6.45) is 1.43. The van der Waals surface area contributed by atoms with Gasteiger partial charge in [0.15, 0.2) is 11.5 Å². The van der Waals surface area contributed by atoms with Crippen LogP contribution in [0.2, 0.25) is 0 Å². The van der Waals surface area contributed by atoms with Crippen LogP contribution in [0.5, 0.6) is 23.1 Å². The maximum Gasteiger partial charge on any atom is 0.230 e. The fourth-order valence-electron chi connectivity index (χ4n) is 3.50. The summed E-state index contributed by atoms with van der Waals surface area (Å²) in [4.78, 5) is 7.87. The van der Waals surface area contributed by atoms with Crippen molar-refractivity contribution in [3.05, 3.63) is 28.9 Å². The van der Waals surface area contributed by atoms with Gasteiger partial charge in [0.05, 0.1) is 45.5 Å². The first kappa shape index (κ1) is 18.8. The molecule has 0 radical (unpaired) electrons. The Morgan fingerprint density at radius 3 is 2.36 bits per heavy atom. The number of thiazole rings is 1. The van der Waals surface area contributed by atoms with Gasteiger partial charge in [-0.3, -0.25) is 4.90 Å². The van der Waals surface area contributed by atoms with Crippen molar-refractivity contribution in [2.24, 2.45) is 0 Å². The summed E-state index contributed by atoms with van der Waals surface area (Å²) in [7, 11) is 4.75. The molecule has 10 heteroatoms. The van der Waals surface area contributed by atoms with Gasteiger partial charge < -0.3 is 24.1 Å². The number of morpholine rings is 1. The van der Waals surface area contributed by atoms with E-state index in [-0.39, 0.29) is 11.9 Å². The molecule has 1 aliphatic heterocycles. The zero-order valence-corrected chi connectivity index (χ0v) is 16.7. The Kier molecular flexibility index (Phi) is 5.25. The van der Waals surface area contributed by atoms with Crippen LogP contribution in [0.15, 0.2) is 18.5 Å². The Bertz CT molecular complexity index is 941. The lowest BCUT2D eigenvalue weighted by Crippen LogP contribution is -2.39. The maximum atomic E-state index is 10.8. The minimum Gasteiger partial charge on any atom is -0.493 e. The van der Waals surface area contributed by atoms with E-state index in [0.29, 0.717) is 35.4 Å². The molecule has 0 bridgehead atoms. The summed E-state index contributed by atoms with van der Waals surface area (Å²) in [5.41, 5.74) is 0.913. The molecule has 0 amide bonds. The standard InChI is InChI=1S/C18H22N4O5S/c1-24-12-8-11(9-13(25-2)15(12)26-3)14(21-4-6-27-7-5-21)16-17(23)22-18(28-16)19-10-20-22/h8-10,14,23H,4-7H2,1-3H3/t14-/m1/s1. The minimum absolute atomic E-state index is 0.0859. The number of hydrogen-bond donors (Lipinski definition) is 1. The summed E-state index contributed by atoms with van der Waals surface area (Å²) in [5.74, 6) is 1.74. The lowest BCUT2D eigenvalue weighted by Gasteiger charge is -2.34. The molecule has 0 unspecified atom stereocenters. The highest BCUT2D eigenvalue weighted by atomic mass is 32.1. The van der Waals surface area contributed by atoms with E-state index in [1.54, 1.807) is 21.3 Å². The van der Waals surface area contributed by atoms with Gasteiger partial charge in [0.2, 0.25) is 16.6 Å². The van der Waals surface area contributed by atoms with Crippen LogP contribution in [0.4, 0.5) is 0 Å². The first-order valence-electron chi connectivity index (χ1n) is 8.81. The highest BCUT2D eigenvalue weighted by molar-refractivity contribution is 7.17. The van der Waals surface area contributed by atoms with Gasteiger partial charge in [0.1, 0.15) is 6.33 Å². The lowest BCUT2D eigenvalue weighted by molar-refractivity contribution is 0.0240. The predicted octanol–water partition coefficient (Wildman–Crippen LogP) is 1.94. The van der Waals surface area contributed by atoms with Crippen molar-refractivity contribution in [1.29, 1.82) is 0 Å². The summed E-state index contributed by atoms with van der Waals surface area (Å²) >= 11 is 1.41. The topological polar surface area (TPSA) is 90.6 Å². The number of aromatic nitrogens is 3. The van der Waals surface area contributed by atoms with Gasteiger partial charge in [-0.2, -0.15) is 9.61 Å². The van der Waals surface area contributed by atoms with Gasteiger partial charge in [0.25, 0.3) is 0 Å². The molecule has 0 spiro atoms. The van der Waals surface area contributed by atoms with Gasteiger partial charge in [-0.25, -0.2) is 4.98 Å². The number of hydrogen-bond acceptors (Lipinski definition) is 9. The number of fused-ring (bicyclic) bond motifs is 1. The van der Waals surface area contributed by atoms with Gasteiger partial charge in [-0.1, -0.05) is 11.3 Å². The predicted molar refractivity (Wildman–Crippen MR) is 103 cm³/mol. The molecule has 3 aromatic rings.